The molecule has 0 spiro atoms. The van der Waals surface area contributed by atoms with Gasteiger partial charge in [-0.25, -0.2) is 4.98 Å². The fraction of sp³-hybridized carbons (Fsp3) is 0. The smallest absolute Gasteiger partial charge is 0.337 e. The van der Waals surface area contributed by atoms with Gasteiger partial charge in [0, 0.05) is 77.2 Å². The first-order valence-corrected chi connectivity index (χ1v) is 22.6. The molecule has 297 valence electrons. The summed E-state index contributed by atoms with van der Waals surface area (Å²) in [5, 5.41) is 4.19. The zero-order valence-electron chi connectivity index (χ0n) is 32.5. The van der Waals surface area contributed by atoms with Gasteiger partial charge in [0.15, 0.2) is 0 Å². The van der Waals surface area contributed by atoms with Crippen LogP contribution in [0.15, 0.2) is 188 Å². The quantitative estimate of drug-likeness (QED) is 0.131. The molecule has 0 saturated heterocycles. The van der Waals surface area contributed by atoms with Crippen molar-refractivity contribution in [3.05, 3.63) is 188 Å². The third-order valence-corrected chi connectivity index (χ3v) is 14.3. The molecule has 0 saturated carbocycles. The largest absolute Gasteiger partial charge is 3.00 e. The summed E-state index contributed by atoms with van der Waals surface area (Å²) in [5.41, 5.74) is 7.39. The van der Waals surface area contributed by atoms with Crippen molar-refractivity contribution in [2.45, 2.75) is 0 Å². The molecular formula is C49H32N8RuS4+3. The van der Waals surface area contributed by atoms with Crippen LogP contribution in [0.25, 0.3) is 95.6 Å². The molecule has 0 amide bonds. The Bertz CT molecular complexity index is 3090. The number of nitrogens with one attached hydrogen (secondary N) is 1. The molecule has 1 radical (unpaired) electrons. The number of nitrogens with zero attached hydrogens (tertiary/aromatic N) is 7. The summed E-state index contributed by atoms with van der Waals surface area (Å²) in [7, 11) is 0. The number of fused-ring (bicyclic) bond motifs is 6. The van der Waals surface area contributed by atoms with Crippen LogP contribution in [0.5, 0.6) is 0 Å². The van der Waals surface area contributed by atoms with Crippen molar-refractivity contribution in [2.24, 2.45) is 0 Å². The van der Waals surface area contributed by atoms with Gasteiger partial charge < -0.3 is 4.98 Å². The van der Waals surface area contributed by atoms with E-state index in [-0.39, 0.29) is 19.5 Å². The summed E-state index contributed by atoms with van der Waals surface area (Å²) in [6.45, 7) is 0. The van der Waals surface area contributed by atoms with Gasteiger partial charge in [0.05, 0.1) is 49.7 Å². The molecule has 0 aliphatic heterocycles. The number of imidazole rings is 1. The molecule has 0 fully saturated rings. The number of pyridine rings is 6. The number of hydrogen-bond acceptors (Lipinski definition) is 11. The van der Waals surface area contributed by atoms with Crippen LogP contribution in [0.4, 0.5) is 0 Å². The van der Waals surface area contributed by atoms with E-state index >= 15 is 0 Å². The van der Waals surface area contributed by atoms with Gasteiger partial charge in [-0.3, -0.25) is 29.9 Å². The van der Waals surface area contributed by atoms with E-state index in [1.165, 1.54) is 29.3 Å². The number of aromatic nitrogens is 8. The molecule has 11 heterocycles. The maximum atomic E-state index is 5.04. The Labute approximate surface area is 385 Å². The molecule has 11 aromatic heterocycles. The second kappa shape index (κ2) is 19.1. The molecule has 13 heteroatoms. The minimum atomic E-state index is 0. The molecule has 0 bridgehead atoms. The van der Waals surface area contributed by atoms with E-state index in [2.05, 4.69) is 101 Å². The summed E-state index contributed by atoms with van der Waals surface area (Å²) in [6.07, 6.45) is 10.7. The van der Waals surface area contributed by atoms with E-state index in [0.29, 0.717) is 0 Å². The number of rotatable bonds is 6. The van der Waals surface area contributed by atoms with Gasteiger partial charge in [0.2, 0.25) is 0 Å². The predicted octanol–water partition coefficient (Wildman–Crippen LogP) is 13.9. The standard InChI is InChI=1S/C29H16N4S4.2C10H8N2.Ru/c1-4-16-25(30-13-1)26-17(5-2-14-31-26)28-27(16)32-29(33-28)24-12-11-23(37-24)22-10-9-21(36-22)20-8-7-19(35-20)18-6-3-15-34-18;2*1-3-7-11-9(5-1)10-6-2-4-8-12-10;/h1-15H,(H,32,33);2*1-8H;/q;;;+3. The maximum Gasteiger partial charge on any atom is 3.00 e. The molecule has 0 unspecified atom stereocenters. The predicted molar refractivity (Wildman–Crippen MR) is 255 cm³/mol. The average Bonchev–Trinajstić information content (AvgIpc) is 4.21. The number of H-pyrrole nitrogens is 1. The zero-order chi connectivity index (χ0) is 40.8. The van der Waals surface area contributed by atoms with E-state index in [4.69, 9.17) is 4.98 Å². The Hall–Kier alpha value is -6.47. The van der Waals surface area contributed by atoms with Crippen LogP contribution < -0.4 is 0 Å². The SMILES string of the molecule is [Ru+3].c1ccc(-c2ccccn2)nc1.c1ccc(-c2ccccn2)nc1.c1csc(-c2ccc(-c3ccc(-c4ccc(-c5nc6c7cccnc7c7ncccc7c6[nH]5)s4)s3)s2)c1. The summed E-state index contributed by atoms with van der Waals surface area (Å²) < 4.78 is 0. The second-order valence-electron chi connectivity index (χ2n) is 13.4. The first kappa shape index (κ1) is 40.9. The minimum absolute atomic E-state index is 0. The zero-order valence-corrected chi connectivity index (χ0v) is 37.5. The fourth-order valence-corrected chi connectivity index (χ4v) is 10.7. The first-order chi connectivity index (χ1) is 30.2. The van der Waals surface area contributed by atoms with Crippen molar-refractivity contribution < 1.29 is 19.5 Å². The Balaban J connectivity index is 0.000000160. The van der Waals surface area contributed by atoms with Crippen LogP contribution in [0.3, 0.4) is 0 Å². The molecule has 0 atom stereocenters. The van der Waals surface area contributed by atoms with Crippen LogP contribution in [0.1, 0.15) is 0 Å². The molecule has 1 aromatic carbocycles. The van der Waals surface area contributed by atoms with Crippen LogP contribution in [-0.2, 0) is 19.5 Å². The molecule has 8 nitrogen and oxygen atoms in total. The fourth-order valence-electron chi connectivity index (χ4n) is 6.74. The van der Waals surface area contributed by atoms with Crippen molar-refractivity contribution >= 4 is 78.2 Å². The van der Waals surface area contributed by atoms with Crippen LogP contribution >= 0.6 is 45.3 Å². The van der Waals surface area contributed by atoms with Gasteiger partial charge in [-0.15, -0.1) is 45.3 Å². The van der Waals surface area contributed by atoms with Crippen molar-refractivity contribution in [3.63, 3.8) is 0 Å². The number of benzene rings is 1. The third-order valence-electron chi connectivity index (χ3n) is 9.55. The van der Waals surface area contributed by atoms with Gasteiger partial charge in [-0.2, -0.15) is 0 Å². The molecule has 12 rings (SSSR count). The topological polar surface area (TPSA) is 106 Å². The Morgan fingerprint density at radius 1 is 0.339 bits per heavy atom. The molecule has 0 aliphatic carbocycles. The van der Waals surface area contributed by atoms with Crippen molar-refractivity contribution in [1.29, 1.82) is 0 Å². The van der Waals surface area contributed by atoms with Gasteiger partial charge in [0.1, 0.15) is 5.82 Å². The van der Waals surface area contributed by atoms with E-state index in [0.717, 1.165) is 66.3 Å². The Morgan fingerprint density at radius 3 is 1.21 bits per heavy atom. The monoisotopic (exact) mass is 962 g/mol. The van der Waals surface area contributed by atoms with Crippen molar-refractivity contribution in [2.75, 3.05) is 0 Å². The number of hydrogen-bond donors (Lipinski definition) is 1. The van der Waals surface area contributed by atoms with Crippen LogP contribution in [-0.4, -0.2) is 39.9 Å². The molecule has 0 aliphatic rings. The molecular weight excluding hydrogens is 930 g/mol. The average molecular weight is 962 g/mol. The second-order valence-corrected chi connectivity index (χ2v) is 17.6. The maximum absolute atomic E-state index is 5.04. The van der Waals surface area contributed by atoms with E-state index in [9.17, 15) is 0 Å². The van der Waals surface area contributed by atoms with Gasteiger partial charge in [-0.05, 0) is 121 Å². The summed E-state index contributed by atoms with van der Waals surface area (Å²) >= 11 is 7.26. The first-order valence-electron chi connectivity index (χ1n) is 19.3. The summed E-state index contributed by atoms with van der Waals surface area (Å²) in [6, 6.07) is 48.9. The van der Waals surface area contributed by atoms with Crippen LogP contribution in [0, 0.1) is 0 Å². The third kappa shape index (κ3) is 8.81. The van der Waals surface area contributed by atoms with E-state index in [1.807, 2.05) is 120 Å². The van der Waals surface area contributed by atoms with Gasteiger partial charge in [0.25, 0.3) is 0 Å². The summed E-state index contributed by atoms with van der Waals surface area (Å²) in [4.78, 5) is 43.5. The molecule has 12 aromatic rings. The summed E-state index contributed by atoms with van der Waals surface area (Å²) in [5.74, 6) is 0.878. The normalized spacial score (nSPS) is 10.8. The Kier molecular flexibility index (Phi) is 12.6. The Morgan fingerprint density at radius 2 is 0.758 bits per heavy atom. The minimum Gasteiger partial charge on any atom is -0.337 e. The van der Waals surface area contributed by atoms with Crippen molar-refractivity contribution in [3.8, 4) is 62.7 Å². The van der Waals surface area contributed by atoms with Gasteiger partial charge >= 0.3 is 19.5 Å². The van der Waals surface area contributed by atoms with Crippen molar-refractivity contribution in [1.82, 2.24) is 39.9 Å². The molecule has 62 heavy (non-hydrogen) atoms. The van der Waals surface area contributed by atoms with E-state index in [1.54, 1.807) is 47.5 Å². The number of aromatic amines is 1. The molecule has 1 N–H and O–H groups in total. The van der Waals surface area contributed by atoms with Gasteiger partial charge in [-0.1, -0.05) is 30.3 Å². The van der Waals surface area contributed by atoms with E-state index < -0.39 is 0 Å². The number of thiophene rings is 4. The van der Waals surface area contributed by atoms with Crippen LogP contribution in [0.2, 0.25) is 0 Å².